The Balaban J connectivity index is 1.64. The highest BCUT2D eigenvalue weighted by Gasteiger charge is 2.15. The summed E-state index contributed by atoms with van der Waals surface area (Å²) in [6, 6.07) is 13.3. The largest absolute Gasteiger partial charge is 0.497 e. The maximum Gasteiger partial charge on any atom is 0.143 e. The van der Waals surface area contributed by atoms with Gasteiger partial charge in [0.05, 0.1) is 24.9 Å². The third-order valence-corrected chi connectivity index (χ3v) is 5.61. The van der Waals surface area contributed by atoms with E-state index in [4.69, 9.17) is 25.8 Å². The van der Waals surface area contributed by atoms with E-state index in [1.165, 1.54) is 13.4 Å². The molecule has 0 spiro atoms. The lowest BCUT2D eigenvalue weighted by molar-refractivity contribution is -0.117. The Bertz CT molecular complexity index is 1120. The molecule has 0 N–H and O–H groups in total. The molecule has 0 unspecified atom stereocenters. The van der Waals surface area contributed by atoms with Gasteiger partial charge < -0.3 is 19.1 Å². The number of carbonyl (C=O) groups is 1. The predicted octanol–water partition coefficient (Wildman–Crippen LogP) is 4.03. The summed E-state index contributed by atoms with van der Waals surface area (Å²) in [5.41, 5.74) is 3.24. The minimum absolute atomic E-state index is 0.0156. The van der Waals surface area contributed by atoms with Crippen LogP contribution in [-0.4, -0.2) is 62.1 Å². The Hall–Kier alpha value is -3.16. The lowest BCUT2D eigenvalue weighted by atomic mass is 10.0. The molecule has 3 aromatic rings. The molecule has 0 radical (unpaired) electrons. The average Bonchev–Trinajstić information content (AvgIpc) is 2.80. The molecule has 0 fully saturated rings. The number of aromatic nitrogens is 2. The Morgan fingerprint density at radius 1 is 0.971 bits per heavy atom. The van der Waals surface area contributed by atoms with Crippen molar-refractivity contribution in [1.29, 1.82) is 0 Å². The molecule has 0 aliphatic heterocycles. The molecule has 0 saturated carbocycles. The van der Waals surface area contributed by atoms with Crippen LogP contribution in [0.4, 0.5) is 0 Å². The van der Waals surface area contributed by atoms with E-state index in [0.717, 1.165) is 23.6 Å². The third-order valence-electron chi connectivity index (χ3n) is 5.18. The average molecular weight is 484 g/mol. The first kappa shape index (κ1) is 25.5. The molecule has 1 heterocycles. The van der Waals surface area contributed by atoms with Crippen LogP contribution in [-0.2, 0) is 24.1 Å². The quantitative estimate of drug-likeness (QED) is 0.385. The van der Waals surface area contributed by atoms with Crippen LogP contribution >= 0.6 is 11.6 Å². The zero-order valence-electron chi connectivity index (χ0n) is 20.0. The molecule has 0 atom stereocenters. The summed E-state index contributed by atoms with van der Waals surface area (Å²) in [5.74, 6) is 1.87. The second-order valence-corrected chi connectivity index (χ2v) is 8.55. The first-order valence-corrected chi connectivity index (χ1v) is 11.3. The van der Waals surface area contributed by atoms with E-state index in [1.807, 2.05) is 44.4 Å². The van der Waals surface area contributed by atoms with Crippen molar-refractivity contribution >= 4 is 17.4 Å². The first-order valence-electron chi connectivity index (χ1n) is 11.0. The Labute approximate surface area is 205 Å². The molecular weight excluding hydrogens is 454 g/mol. The molecular formula is C26H30ClN3O4. The number of ketones is 1. The fraction of sp³-hybridized carbons (Fsp3) is 0.346. The molecule has 0 aliphatic carbocycles. The van der Waals surface area contributed by atoms with Crippen LogP contribution in [0.3, 0.4) is 0 Å². The van der Waals surface area contributed by atoms with Gasteiger partial charge in [0.15, 0.2) is 0 Å². The third kappa shape index (κ3) is 7.43. The van der Waals surface area contributed by atoms with Crippen molar-refractivity contribution in [1.82, 2.24) is 14.9 Å². The minimum atomic E-state index is -0.0156. The standard InChI is InChI=1S/C26H30ClN3O4/c1-30(2)8-9-34-23-7-5-6-18(11-23)10-20-14-21(29-17-28-20)15-22(31)12-19-13-24(32-3)16-25(33-4)26(19)27/h5-7,11,13-14,16-17H,8-10,12,15H2,1-4H3. The second kappa shape index (κ2) is 12.3. The normalized spacial score (nSPS) is 10.9. The maximum atomic E-state index is 12.8. The highest BCUT2D eigenvalue weighted by Crippen LogP contribution is 2.33. The van der Waals surface area contributed by atoms with Gasteiger partial charge >= 0.3 is 0 Å². The topological polar surface area (TPSA) is 73.8 Å². The van der Waals surface area contributed by atoms with E-state index in [0.29, 0.717) is 40.8 Å². The molecule has 3 rings (SSSR count). The number of benzene rings is 2. The van der Waals surface area contributed by atoms with Crippen molar-refractivity contribution in [3.05, 3.63) is 76.3 Å². The summed E-state index contributed by atoms with van der Waals surface area (Å²) in [4.78, 5) is 23.5. The van der Waals surface area contributed by atoms with E-state index in [1.54, 1.807) is 19.2 Å². The fourth-order valence-electron chi connectivity index (χ4n) is 3.44. The predicted molar refractivity (Wildman–Crippen MR) is 132 cm³/mol. The Kier molecular flexibility index (Phi) is 9.24. The molecule has 8 heteroatoms. The smallest absolute Gasteiger partial charge is 0.143 e. The van der Waals surface area contributed by atoms with Gasteiger partial charge in [-0.15, -0.1) is 0 Å². The van der Waals surface area contributed by atoms with Gasteiger partial charge in [-0.2, -0.15) is 0 Å². The molecule has 0 amide bonds. The second-order valence-electron chi connectivity index (χ2n) is 8.17. The number of likely N-dealkylation sites (N-methyl/N-ethyl adjacent to an activating group) is 1. The molecule has 2 aromatic carbocycles. The van der Waals surface area contributed by atoms with Crippen molar-refractivity contribution in [2.24, 2.45) is 0 Å². The van der Waals surface area contributed by atoms with E-state index in [-0.39, 0.29) is 18.6 Å². The summed E-state index contributed by atoms with van der Waals surface area (Å²) < 4.78 is 16.4. The molecule has 0 bridgehead atoms. The fourth-order valence-corrected chi connectivity index (χ4v) is 3.69. The van der Waals surface area contributed by atoms with Gasteiger partial charge in [-0.3, -0.25) is 4.79 Å². The van der Waals surface area contributed by atoms with Crippen LogP contribution < -0.4 is 14.2 Å². The van der Waals surface area contributed by atoms with Gasteiger partial charge in [-0.1, -0.05) is 23.7 Å². The summed E-state index contributed by atoms with van der Waals surface area (Å²) in [6.45, 7) is 1.47. The molecule has 0 aliphatic rings. The van der Waals surface area contributed by atoms with Gasteiger partial charge in [0.1, 0.15) is 36.0 Å². The van der Waals surface area contributed by atoms with Crippen LogP contribution in [0, 0.1) is 0 Å². The number of hydrogen-bond acceptors (Lipinski definition) is 7. The van der Waals surface area contributed by atoms with E-state index in [9.17, 15) is 4.79 Å². The number of nitrogens with zero attached hydrogens (tertiary/aromatic N) is 3. The van der Waals surface area contributed by atoms with Gasteiger partial charge in [0.2, 0.25) is 0 Å². The molecule has 34 heavy (non-hydrogen) atoms. The zero-order valence-corrected chi connectivity index (χ0v) is 20.8. The summed E-state index contributed by atoms with van der Waals surface area (Å²) in [6.07, 6.45) is 2.45. The molecule has 0 saturated heterocycles. The number of carbonyl (C=O) groups excluding carboxylic acids is 1. The number of methoxy groups -OCH3 is 2. The Morgan fingerprint density at radius 2 is 1.76 bits per heavy atom. The van der Waals surface area contributed by atoms with Crippen LogP contribution in [0.25, 0.3) is 0 Å². The highest BCUT2D eigenvalue weighted by molar-refractivity contribution is 6.33. The Morgan fingerprint density at radius 3 is 2.50 bits per heavy atom. The maximum absolute atomic E-state index is 12.8. The van der Waals surface area contributed by atoms with Crippen molar-refractivity contribution in [2.45, 2.75) is 19.3 Å². The molecule has 7 nitrogen and oxygen atoms in total. The minimum Gasteiger partial charge on any atom is -0.497 e. The van der Waals surface area contributed by atoms with Crippen LogP contribution in [0.1, 0.15) is 22.5 Å². The van der Waals surface area contributed by atoms with E-state index >= 15 is 0 Å². The number of hydrogen-bond donors (Lipinski definition) is 0. The number of rotatable bonds is 12. The summed E-state index contributed by atoms with van der Waals surface area (Å²) in [5, 5.41) is 0.410. The van der Waals surface area contributed by atoms with Gasteiger partial charge in [-0.25, -0.2) is 9.97 Å². The van der Waals surface area contributed by atoms with E-state index in [2.05, 4.69) is 14.9 Å². The number of halogens is 1. The number of Topliss-reactive ketones (excluding diaryl/α,β-unsaturated/α-hetero) is 1. The SMILES string of the molecule is COc1cc(CC(=O)Cc2cc(Cc3cccc(OCCN(C)C)c3)ncn2)c(Cl)c(OC)c1. The van der Waals surface area contributed by atoms with Crippen molar-refractivity contribution in [3.8, 4) is 17.2 Å². The van der Waals surface area contributed by atoms with Crippen LogP contribution in [0.2, 0.25) is 5.02 Å². The van der Waals surface area contributed by atoms with Crippen LogP contribution in [0.5, 0.6) is 17.2 Å². The lowest BCUT2D eigenvalue weighted by Crippen LogP contribution is -2.19. The van der Waals surface area contributed by atoms with Gasteiger partial charge in [-0.05, 0) is 49.5 Å². The first-order chi connectivity index (χ1) is 16.4. The highest BCUT2D eigenvalue weighted by atomic mass is 35.5. The zero-order chi connectivity index (χ0) is 24.5. The van der Waals surface area contributed by atoms with Crippen molar-refractivity contribution in [2.75, 3.05) is 41.5 Å². The summed E-state index contributed by atoms with van der Waals surface area (Å²) >= 11 is 6.39. The van der Waals surface area contributed by atoms with E-state index < -0.39 is 0 Å². The van der Waals surface area contributed by atoms with Crippen molar-refractivity contribution in [3.63, 3.8) is 0 Å². The molecule has 1 aromatic heterocycles. The number of ether oxygens (including phenoxy) is 3. The van der Waals surface area contributed by atoms with Gasteiger partial charge in [0.25, 0.3) is 0 Å². The molecule has 180 valence electrons. The summed E-state index contributed by atoms with van der Waals surface area (Å²) in [7, 11) is 7.11. The van der Waals surface area contributed by atoms with Crippen LogP contribution in [0.15, 0.2) is 48.8 Å². The van der Waals surface area contributed by atoms with Crippen molar-refractivity contribution < 1.29 is 19.0 Å². The van der Waals surface area contributed by atoms with Gasteiger partial charge in [0, 0.05) is 37.6 Å². The monoisotopic (exact) mass is 483 g/mol. The lowest BCUT2D eigenvalue weighted by Gasteiger charge is -2.12.